The van der Waals surface area contributed by atoms with Gasteiger partial charge in [0.15, 0.2) is 11.6 Å². The fraction of sp³-hybridized carbons (Fsp3) is 0.600. The van der Waals surface area contributed by atoms with E-state index in [1.165, 1.54) is 0 Å². The van der Waals surface area contributed by atoms with Gasteiger partial charge >= 0.3 is 0 Å². The lowest BCUT2D eigenvalue weighted by Crippen LogP contribution is -2.30. The van der Waals surface area contributed by atoms with Crippen LogP contribution in [0.15, 0.2) is 18.2 Å². The van der Waals surface area contributed by atoms with E-state index in [0.717, 1.165) is 25.1 Å². The zero-order valence-electron chi connectivity index (χ0n) is 12.2. The maximum Gasteiger partial charge on any atom is 0.165 e. The average molecular weight is 268 g/mol. The molecule has 19 heavy (non-hydrogen) atoms. The molecule has 1 aromatic rings. The van der Waals surface area contributed by atoms with Crippen LogP contribution in [-0.2, 0) is 6.42 Å². The highest BCUT2D eigenvalue weighted by atomic mass is 19.1. The van der Waals surface area contributed by atoms with Crippen LogP contribution in [-0.4, -0.2) is 38.2 Å². The van der Waals surface area contributed by atoms with Crippen molar-refractivity contribution in [2.24, 2.45) is 11.7 Å². The Bertz CT molecular complexity index is 384. The minimum absolute atomic E-state index is 0.280. The fourth-order valence-corrected chi connectivity index (χ4v) is 1.99. The predicted molar refractivity (Wildman–Crippen MR) is 77.0 cm³/mol. The van der Waals surface area contributed by atoms with Crippen molar-refractivity contribution in [2.45, 2.75) is 20.3 Å². The molecular formula is C15H25FN2O. The van der Waals surface area contributed by atoms with Crippen molar-refractivity contribution < 1.29 is 9.13 Å². The molecule has 0 radical (unpaired) electrons. The van der Waals surface area contributed by atoms with Gasteiger partial charge in [-0.15, -0.1) is 0 Å². The largest absolute Gasteiger partial charge is 0.491 e. The summed E-state index contributed by atoms with van der Waals surface area (Å²) in [5, 5.41) is 0. The molecule has 1 rings (SSSR count). The molecule has 1 unspecified atom stereocenters. The third-order valence-electron chi connectivity index (χ3n) is 3.10. The van der Waals surface area contributed by atoms with Crippen LogP contribution in [0.1, 0.15) is 19.4 Å². The summed E-state index contributed by atoms with van der Waals surface area (Å²) in [7, 11) is 2.07. The highest BCUT2D eigenvalue weighted by Crippen LogP contribution is 2.18. The van der Waals surface area contributed by atoms with Gasteiger partial charge in [0, 0.05) is 13.1 Å². The summed E-state index contributed by atoms with van der Waals surface area (Å²) >= 11 is 0. The first-order valence-electron chi connectivity index (χ1n) is 6.86. The first-order valence-corrected chi connectivity index (χ1v) is 6.86. The Hall–Kier alpha value is -1.13. The molecule has 4 heteroatoms. The van der Waals surface area contributed by atoms with Crippen molar-refractivity contribution in [1.29, 1.82) is 0 Å². The zero-order chi connectivity index (χ0) is 14.3. The van der Waals surface area contributed by atoms with Crippen LogP contribution in [0, 0.1) is 11.7 Å². The molecule has 0 spiro atoms. The maximum atomic E-state index is 13.7. The minimum atomic E-state index is -0.280. The number of nitrogens with two attached hydrogens (primary N) is 1. The maximum absolute atomic E-state index is 13.7. The second kappa shape index (κ2) is 8.12. The quantitative estimate of drug-likeness (QED) is 0.786. The van der Waals surface area contributed by atoms with E-state index in [2.05, 4.69) is 18.9 Å². The van der Waals surface area contributed by atoms with Crippen molar-refractivity contribution >= 4 is 0 Å². The van der Waals surface area contributed by atoms with E-state index in [1.807, 2.05) is 13.0 Å². The van der Waals surface area contributed by atoms with Gasteiger partial charge in [-0.2, -0.15) is 0 Å². The van der Waals surface area contributed by atoms with E-state index < -0.39 is 0 Å². The van der Waals surface area contributed by atoms with Gasteiger partial charge in [0.25, 0.3) is 0 Å². The Labute approximate surface area is 115 Å². The molecule has 0 amide bonds. The van der Waals surface area contributed by atoms with E-state index in [9.17, 15) is 4.39 Å². The molecule has 0 aliphatic carbocycles. The van der Waals surface area contributed by atoms with E-state index >= 15 is 0 Å². The molecule has 0 aliphatic heterocycles. The number of hydrogen-bond acceptors (Lipinski definition) is 3. The Balaban J connectivity index is 2.47. The van der Waals surface area contributed by atoms with Crippen molar-refractivity contribution in [3.8, 4) is 5.75 Å². The normalized spacial score (nSPS) is 12.7. The topological polar surface area (TPSA) is 38.5 Å². The van der Waals surface area contributed by atoms with Crippen molar-refractivity contribution in [1.82, 2.24) is 4.90 Å². The van der Waals surface area contributed by atoms with Gasteiger partial charge in [-0.3, -0.25) is 0 Å². The molecule has 108 valence electrons. The molecule has 0 saturated carbocycles. The molecule has 1 atom stereocenters. The molecule has 0 aliphatic rings. The first kappa shape index (κ1) is 15.9. The number of ether oxygens (including phenoxy) is 1. The van der Waals surface area contributed by atoms with Crippen LogP contribution in [0.3, 0.4) is 0 Å². The number of rotatable bonds is 8. The van der Waals surface area contributed by atoms with Crippen LogP contribution < -0.4 is 10.5 Å². The molecule has 0 bridgehead atoms. The van der Waals surface area contributed by atoms with Crippen LogP contribution in [0.25, 0.3) is 0 Å². The van der Waals surface area contributed by atoms with Crippen molar-refractivity contribution in [3.63, 3.8) is 0 Å². The summed E-state index contributed by atoms with van der Waals surface area (Å²) in [6.07, 6.45) is 0.830. The van der Waals surface area contributed by atoms with Gasteiger partial charge in [0.1, 0.15) is 0 Å². The summed E-state index contributed by atoms with van der Waals surface area (Å²) in [4.78, 5) is 2.23. The SMILES string of the molecule is CCOc1ccc(CCN(C)CC(C)CN)cc1F. The third kappa shape index (κ3) is 5.57. The number of hydrogen-bond donors (Lipinski definition) is 1. The Morgan fingerprint density at radius 2 is 2.16 bits per heavy atom. The summed E-state index contributed by atoms with van der Waals surface area (Å²) < 4.78 is 18.9. The molecule has 0 aromatic heterocycles. The van der Waals surface area contributed by atoms with Crippen LogP contribution in [0.2, 0.25) is 0 Å². The van der Waals surface area contributed by atoms with Crippen LogP contribution in [0.4, 0.5) is 4.39 Å². The average Bonchev–Trinajstić information content (AvgIpc) is 2.39. The zero-order valence-corrected chi connectivity index (χ0v) is 12.2. The standard InChI is InChI=1S/C15H25FN2O/c1-4-19-15-6-5-13(9-14(15)16)7-8-18(3)11-12(2)10-17/h5-6,9,12H,4,7-8,10-11,17H2,1-3H3. The van der Waals surface area contributed by atoms with E-state index in [1.54, 1.807) is 12.1 Å². The van der Waals surface area contributed by atoms with Crippen molar-refractivity contribution in [2.75, 3.05) is 33.3 Å². The second-order valence-corrected chi connectivity index (χ2v) is 5.05. The van der Waals surface area contributed by atoms with Gasteiger partial charge in [-0.1, -0.05) is 13.0 Å². The smallest absolute Gasteiger partial charge is 0.165 e. The molecule has 0 saturated heterocycles. The Morgan fingerprint density at radius 1 is 1.42 bits per heavy atom. The molecule has 0 fully saturated rings. The highest BCUT2D eigenvalue weighted by Gasteiger charge is 2.07. The minimum Gasteiger partial charge on any atom is -0.491 e. The predicted octanol–water partition coefficient (Wildman–Crippen LogP) is 2.29. The third-order valence-corrected chi connectivity index (χ3v) is 3.10. The monoisotopic (exact) mass is 268 g/mol. The second-order valence-electron chi connectivity index (χ2n) is 5.05. The lowest BCUT2D eigenvalue weighted by atomic mass is 10.1. The van der Waals surface area contributed by atoms with Gasteiger partial charge in [-0.25, -0.2) is 4.39 Å². The highest BCUT2D eigenvalue weighted by molar-refractivity contribution is 5.29. The number of nitrogens with zero attached hydrogens (tertiary/aromatic N) is 1. The van der Waals surface area contributed by atoms with Gasteiger partial charge in [0.2, 0.25) is 0 Å². The van der Waals surface area contributed by atoms with E-state index in [-0.39, 0.29) is 5.82 Å². The fourth-order valence-electron chi connectivity index (χ4n) is 1.99. The van der Waals surface area contributed by atoms with Gasteiger partial charge in [0.05, 0.1) is 6.61 Å². The molecule has 3 nitrogen and oxygen atoms in total. The van der Waals surface area contributed by atoms with Gasteiger partial charge < -0.3 is 15.4 Å². The summed E-state index contributed by atoms with van der Waals surface area (Å²) in [6, 6.07) is 5.19. The van der Waals surface area contributed by atoms with Gasteiger partial charge in [-0.05, 0) is 50.6 Å². The molecule has 2 N–H and O–H groups in total. The first-order chi connectivity index (χ1) is 9.06. The number of halogens is 1. The summed E-state index contributed by atoms with van der Waals surface area (Å²) in [5.41, 5.74) is 6.60. The number of likely N-dealkylation sites (N-methyl/N-ethyl adjacent to an activating group) is 1. The molecule has 0 heterocycles. The number of benzene rings is 1. The molecular weight excluding hydrogens is 243 g/mol. The lowest BCUT2D eigenvalue weighted by Gasteiger charge is -2.20. The van der Waals surface area contributed by atoms with Crippen LogP contribution in [0.5, 0.6) is 5.75 Å². The van der Waals surface area contributed by atoms with Crippen molar-refractivity contribution in [3.05, 3.63) is 29.6 Å². The Morgan fingerprint density at radius 3 is 2.74 bits per heavy atom. The van der Waals surface area contributed by atoms with E-state index in [0.29, 0.717) is 24.8 Å². The van der Waals surface area contributed by atoms with E-state index in [4.69, 9.17) is 10.5 Å². The lowest BCUT2D eigenvalue weighted by molar-refractivity contribution is 0.292. The summed E-state index contributed by atoms with van der Waals surface area (Å²) in [5.74, 6) is 0.538. The summed E-state index contributed by atoms with van der Waals surface area (Å²) in [6.45, 7) is 7.03. The molecule has 1 aromatic carbocycles. The Kier molecular flexibility index (Phi) is 6.81. The van der Waals surface area contributed by atoms with Crippen LogP contribution >= 0.6 is 0 Å².